The van der Waals surface area contributed by atoms with Crippen molar-refractivity contribution in [3.63, 3.8) is 0 Å². The lowest BCUT2D eigenvalue weighted by Gasteiger charge is -2.38. The number of hydrogen-bond acceptors (Lipinski definition) is 3. The quantitative estimate of drug-likeness (QED) is 0.0601. The summed E-state index contributed by atoms with van der Waals surface area (Å²) in [4.78, 5) is 37.0. The Bertz CT molecular complexity index is 1750. The molecular formula is C52H77N5O2P+. The number of aryl methyl sites for hydroxylation is 1. The van der Waals surface area contributed by atoms with E-state index in [-0.39, 0.29) is 17.9 Å². The van der Waals surface area contributed by atoms with Gasteiger partial charge in [0, 0.05) is 32.0 Å². The molecule has 3 N–H and O–H groups in total. The molecule has 0 radical (unpaired) electrons. The average molecular weight is 835 g/mol. The summed E-state index contributed by atoms with van der Waals surface area (Å²) in [5.74, 6) is 0.605. The number of nitrogens with zero attached hydrogens (tertiary/aromatic N) is 2. The molecule has 3 aliphatic rings. The van der Waals surface area contributed by atoms with Crippen LogP contribution in [0.4, 0.5) is 5.69 Å². The van der Waals surface area contributed by atoms with Crippen LogP contribution in [0.2, 0.25) is 0 Å². The van der Waals surface area contributed by atoms with Crippen molar-refractivity contribution >= 4 is 30.7 Å². The van der Waals surface area contributed by atoms with E-state index in [0.29, 0.717) is 25.4 Å². The number of unbranched alkanes of at least 4 members (excludes halogenated alkanes) is 3. The number of hydrogen-bond donors (Lipinski definition) is 3. The molecule has 0 saturated heterocycles. The standard InChI is InChI=1S/C52H76N5O2P/c1-4-7-35-60(36-8-5-2,37-9-6-3)40-42-29-32-47(33-30-42)53-50(58)49-38-43-23-19-20-24-44(43)39-57(49)51(59)48(34-31-41-21-13-10-14-22-41)56-52(54-45-25-15-11-16-26-45)55-46-27-17-12-18-28-46/h10,13-14,19-24,29-30,32-33,45-46,48-49H,4-9,11-12,15-18,25-28,31,34-40H2,1-3H3,(H2-,53,54,55,56,58)/p+1/t48-,49-/m0/s1. The van der Waals surface area contributed by atoms with Gasteiger partial charge in [-0.1, -0.05) is 145 Å². The summed E-state index contributed by atoms with van der Waals surface area (Å²) in [5.41, 5.74) is 5.64. The predicted molar refractivity (Wildman–Crippen MR) is 256 cm³/mol. The van der Waals surface area contributed by atoms with Gasteiger partial charge in [-0.15, -0.1) is 0 Å². The number of anilines is 1. The molecule has 1 aliphatic heterocycles. The molecule has 2 aliphatic carbocycles. The summed E-state index contributed by atoms with van der Waals surface area (Å²) < 4.78 is 0. The molecule has 7 nitrogen and oxygen atoms in total. The topological polar surface area (TPSA) is 85.8 Å². The molecule has 0 unspecified atom stereocenters. The minimum Gasteiger partial charge on any atom is -0.354 e. The third kappa shape index (κ3) is 13.7. The van der Waals surface area contributed by atoms with Gasteiger partial charge in [0.25, 0.3) is 0 Å². The highest BCUT2D eigenvalue weighted by atomic mass is 31.2. The second-order valence-electron chi connectivity index (χ2n) is 18.3. The number of guanidine groups is 1. The van der Waals surface area contributed by atoms with Crippen LogP contribution in [-0.4, -0.2) is 65.3 Å². The van der Waals surface area contributed by atoms with E-state index >= 15 is 4.79 Å². The summed E-state index contributed by atoms with van der Waals surface area (Å²) in [6.45, 7) is 7.38. The third-order valence-corrected chi connectivity index (χ3v) is 18.4. The maximum absolute atomic E-state index is 15.2. The fourth-order valence-corrected chi connectivity index (χ4v) is 15.0. The van der Waals surface area contributed by atoms with E-state index < -0.39 is 19.3 Å². The fraction of sp³-hybridized carbons (Fsp3) is 0.596. The molecule has 6 rings (SSSR count). The zero-order valence-corrected chi connectivity index (χ0v) is 38.3. The second kappa shape index (κ2) is 24.1. The van der Waals surface area contributed by atoms with Crippen LogP contribution in [0.15, 0.2) is 83.9 Å². The average Bonchev–Trinajstić information content (AvgIpc) is 3.29. The van der Waals surface area contributed by atoms with Gasteiger partial charge in [-0.05, 0) is 92.2 Å². The Morgan fingerprint density at radius 1 is 0.717 bits per heavy atom. The number of benzene rings is 3. The maximum Gasteiger partial charge on any atom is 0.247 e. The van der Waals surface area contributed by atoms with E-state index in [1.54, 1.807) is 0 Å². The molecule has 0 spiro atoms. The Kier molecular flexibility index (Phi) is 18.4. The Balaban J connectivity index is 1.24. The largest absolute Gasteiger partial charge is 0.354 e. The van der Waals surface area contributed by atoms with E-state index in [0.717, 1.165) is 54.9 Å². The minimum atomic E-state index is -1.10. The summed E-state index contributed by atoms with van der Waals surface area (Å²) in [6, 6.07) is 26.9. The van der Waals surface area contributed by atoms with Crippen LogP contribution < -0.4 is 16.0 Å². The maximum atomic E-state index is 15.2. The third-order valence-electron chi connectivity index (χ3n) is 13.5. The lowest BCUT2D eigenvalue weighted by atomic mass is 9.92. The molecule has 60 heavy (non-hydrogen) atoms. The molecule has 3 aromatic rings. The highest BCUT2D eigenvalue weighted by Gasteiger charge is 2.39. The molecule has 2 amide bonds. The first kappa shape index (κ1) is 45.8. The zero-order valence-electron chi connectivity index (χ0n) is 37.4. The number of carbonyl (C=O) groups is 2. The van der Waals surface area contributed by atoms with Crippen molar-refractivity contribution < 1.29 is 9.59 Å². The van der Waals surface area contributed by atoms with Crippen LogP contribution in [0, 0.1) is 0 Å². The number of aliphatic imine (C=N–C) groups is 1. The van der Waals surface area contributed by atoms with Crippen LogP contribution in [0.25, 0.3) is 0 Å². The molecule has 326 valence electrons. The van der Waals surface area contributed by atoms with Crippen LogP contribution in [-0.2, 0) is 35.1 Å². The van der Waals surface area contributed by atoms with Gasteiger partial charge in [-0.3, -0.25) is 9.59 Å². The van der Waals surface area contributed by atoms with Crippen LogP contribution in [0.1, 0.15) is 152 Å². The van der Waals surface area contributed by atoms with E-state index in [2.05, 4.69) is 97.4 Å². The van der Waals surface area contributed by atoms with E-state index in [1.807, 2.05) is 23.1 Å². The number of rotatable bonds is 20. The smallest absolute Gasteiger partial charge is 0.247 e. The summed E-state index contributed by atoms with van der Waals surface area (Å²) in [6.07, 6.45) is 26.8. The molecule has 3 aromatic carbocycles. The molecular weight excluding hydrogens is 758 g/mol. The molecule has 2 atom stereocenters. The fourth-order valence-electron chi connectivity index (χ4n) is 9.88. The number of fused-ring (bicyclic) bond motifs is 1. The van der Waals surface area contributed by atoms with Crippen LogP contribution >= 0.6 is 7.26 Å². The zero-order chi connectivity index (χ0) is 42.0. The minimum absolute atomic E-state index is 0.0377. The van der Waals surface area contributed by atoms with Gasteiger partial charge in [0.05, 0.1) is 30.7 Å². The van der Waals surface area contributed by atoms with Gasteiger partial charge >= 0.3 is 0 Å². The van der Waals surface area contributed by atoms with E-state index in [4.69, 9.17) is 4.99 Å². The number of carbonyl (C=O) groups excluding carboxylic acids is 2. The summed E-state index contributed by atoms with van der Waals surface area (Å²) >= 11 is 0. The number of amides is 2. The van der Waals surface area contributed by atoms with Crippen molar-refractivity contribution in [2.45, 2.75) is 180 Å². The van der Waals surface area contributed by atoms with Gasteiger partial charge in [0.15, 0.2) is 5.96 Å². The van der Waals surface area contributed by atoms with Crippen molar-refractivity contribution in [1.29, 1.82) is 0 Å². The molecule has 2 saturated carbocycles. The van der Waals surface area contributed by atoms with Gasteiger partial charge in [-0.25, -0.2) is 4.99 Å². The Hall–Kier alpha value is -3.70. The molecule has 2 fully saturated rings. The Morgan fingerprint density at radius 3 is 1.95 bits per heavy atom. The van der Waals surface area contributed by atoms with Gasteiger partial charge in [-0.2, -0.15) is 0 Å². The van der Waals surface area contributed by atoms with Crippen molar-refractivity contribution in [3.8, 4) is 0 Å². The predicted octanol–water partition coefficient (Wildman–Crippen LogP) is 11.7. The van der Waals surface area contributed by atoms with Gasteiger partial charge in [0.2, 0.25) is 11.8 Å². The van der Waals surface area contributed by atoms with Crippen LogP contribution in [0.5, 0.6) is 0 Å². The lowest BCUT2D eigenvalue weighted by molar-refractivity contribution is -0.141. The van der Waals surface area contributed by atoms with Crippen molar-refractivity contribution in [2.75, 3.05) is 23.8 Å². The molecule has 1 heterocycles. The van der Waals surface area contributed by atoms with Crippen molar-refractivity contribution in [3.05, 3.63) is 101 Å². The Labute approximate surface area is 364 Å². The highest BCUT2D eigenvalue weighted by Crippen LogP contribution is 2.63. The monoisotopic (exact) mass is 835 g/mol. The highest BCUT2D eigenvalue weighted by molar-refractivity contribution is 7.75. The van der Waals surface area contributed by atoms with Crippen LogP contribution in [0.3, 0.4) is 0 Å². The second-order valence-corrected chi connectivity index (χ2v) is 22.7. The molecule has 0 bridgehead atoms. The first-order chi connectivity index (χ1) is 29.4. The normalized spacial score (nSPS) is 18.4. The lowest BCUT2D eigenvalue weighted by Crippen LogP contribution is -2.58. The van der Waals surface area contributed by atoms with E-state index in [9.17, 15) is 4.79 Å². The van der Waals surface area contributed by atoms with Crippen molar-refractivity contribution in [2.24, 2.45) is 4.99 Å². The van der Waals surface area contributed by atoms with Gasteiger partial charge < -0.3 is 20.9 Å². The summed E-state index contributed by atoms with van der Waals surface area (Å²) in [7, 11) is -1.10. The van der Waals surface area contributed by atoms with E-state index in [1.165, 1.54) is 113 Å². The summed E-state index contributed by atoms with van der Waals surface area (Å²) in [5, 5.41) is 10.8. The molecule has 0 aromatic heterocycles. The SMILES string of the molecule is CCCC[P+](CCCC)(CCCC)Cc1ccc(NC(=O)[C@@H]2Cc3ccccc3CN2C(=O)[C@H](CCc2ccccc2)NC(=NC2CCCCC2)NC2CCCCC2)cc1. The first-order valence-electron chi connectivity index (χ1n) is 24.2. The first-order valence-corrected chi connectivity index (χ1v) is 26.7. The Morgan fingerprint density at radius 2 is 1.32 bits per heavy atom. The number of nitrogens with one attached hydrogen (secondary N) is 3. The van der Waals surface area contributed by atoms with Crippen molar-refractivity contribution in [1.82, 2.24) is 15.5 Å². The molecule has 8 heteroatoms. The van der Waals surface area contributed by atoms with Gasteiger partial charge in [0.1, 0.15) is 12.1 Å².